The molecule has 0 aromatic heterocycles. The first-order chi connectivity index (χ1) is 9.52. The van der Waals surface area contributed by atoms with E-state index in [9.17, 15) is 9.59 Å². The van der Waals surface area contributed by atoms with E-state index < -0.39 is 11.9 Å². The number of benzene rings is 1. The largest absolute Gasteiger partial charge is 0.483 e. The van der Waals surface area contributed by atoms with Crippen LogP contribution in [0.25, 0.3) is 0 Å². The van der Waals surface area contributed by atoms with Gasteiger partial charge in [0.1, 0.15) is 5.75 Å². The molecule has 0 aliphatic heterocycles. The highest BCUT2D eigenvalue weighted by atomic mass is 16.5. The fourth-order valence-electron chi connectivity index (χ4n) is 1.69. The Morgan fingerprint density at radius 3 is 2.65 bits per heavy atom. The van der Waals surface area contributed by atoms with Crippen LogP contribution in [0.4, 0.5) is 4.79 Å². The molecule has 2 N–H and O–H groups in total. The minimum Gasteiger partial charge on any atom is -0.483 e. The molecule has 0 unspecified atom stereocenters. The summed E-state index contributed by atoms with van der Waals surface area (Å²) < 4.78 is 5.39. The molecule has 0 saturated carbocycles. The van der Waals surface area contributed by atoms with Gasteiger partial charge in [0.05, 0.1) is 0 Å². The molecule has 5 heteroatoms. The van der Waals surface area contributed by atoms with Gasteiger partial charge in [0.2, 0.25) is 0 Å². The molecule has 0 spiro atoms. The van der Waals surface area contributed by atoms with Crippen LogP contribution in [0, 0.1) is 13.8 Å². The van der Waals surface area contributed by atoms with Crippen LogP contribution < -0.4 is 15.4 Å². The van der Waals surface area contributed by atoms with Crippen LogP contribution in [-0.2, 0) is 4.79 Å². The van der Waals surface area contributed by atoms with Crippen molar-refractivity contribution in [3.8, 4) is 5.75 Å². The first-order valence-electron chi connectivity index (χ1n) is 6.80. The number of hydrogen-bond acceptors (Lipinski definition) is 3. The van der Waals surface area contributed by atoms with Gasteiger partial charge in [-0.2, -0.15) is 0 Å². The molecule has 3 amide bonds. The smallest absolute Gasteiger partial charge is 0.321 e. The van der Waals surface area contributed by atoms with Gasteiger partial charge in [0, 0.05) is 6.54 Å². The maximum Gasteiger partial charge on any atom is 0.321 e. The highest BCUT2D eigenvalue weighted by Crippen LogP contribution is 2.18. The van der Waals surface area contributed by atoms with Gasteiger partial charge in [-0.25, -0.2) is 4.79 Å². The Balaban J connectivity index is 2.34. The van der Waals surface area contributed by atoms with E-state index in [0.717, 1.165) is 24.0 Å². The minimum absolute atomic E-state index is 0.175. The third-order valence-electron chi connectivity index (χ3n) is 2.76. The second-order valence-electron chi connectivity index (χ2n) is 4.72. The van der Waals surface area contributed by atoms with Crippen molar-refractivity contribution in [1.29, 1.82) is 0 Å². The van der Waals surface area contributed by atoms with Crippen LogP contribution in [-0.4, -0.2) is 25.1 Å². The summed E-state index contributed by atoms with van der Waals surface area (Å²) in [6.45, 7) is 6.32. The SMILES string of the molecule is CCCCNC(=O)NC(=O)COc1ccc(C)cc1C. The van der Waals surface area contributed by atoms with Gasteiger partial charge in [-0.3, -0.25) is 10.1 Å². The lowest BCUT2D eigenvalue weighted by Gasteiger charge is -2.10. The van der Waals surface area contributed by atoms with E-state index in [-0.39, 0.29) is 6.61 Å². The van der Waals surface area contributed by atoms with Crippen LogP contribution in [0.15, 0.2) is 18.2 Å². The summed E-state index contributed by atoms with van der Waals surface area (Å²) in [6, 6.07) is 5.23. The third kappa shape index (κ3) is 5.73. The predicted molar refractivity (Wildman–Crippen MR) is 77.9 cm³/mol. The van der Waals surface area contributed by atoms with Crippen molar-refractivity contribution in [3.05, 3.63) is 29.3 Å². The summed E-state index contributed by atoms with van der Waals surface area (Å²) in [6.07, 6.45) is 1.88. The molecule has 0 heterocycles. The van der Waals surface area contributed by atoms with E-state index in [4.69, 9.17) is 4.74 Å². The molecular weight excluding hydrogens is 256 g/mol. The Morgan fingerprint density at radius 2 is 2.00 bits per heavy atom. The van der Waals surface area contributed by atoms with Gasteiger partial charge >= 0.3 is 6.03 Å². The number of carbonyl (C=O) groups excluding carboxylic acids is 2. The topological polar surface area (TPSA) is 67.4 Å². The third-order valence-corrected chi connectivity index (χ3v) is 2.76. The highest BCUT2D eigenvalue weighted by molar-refractivity contribution is 5.94. The standard InChI is InChI=1S/C15H22N2O3/c1-4-5-8-16-15(19)17-14(18)10-20-13-7-6-11(2)9-12(13)3/h6-7,9H,4-5,8,10H2,1-3H3,(H2,16,17,18,19). The average molecular weight is 278 g/mol. The lowest BCUT2D eigenvalue weighted by molar-refractivity contribution is -0.122. The van der Waals surface area contributed by atoms with Gasteiger partial charge in [0.25, 0.3) is 5.91 Å². The van der Waals surface area contributed by atoms with E-state index in [1.165, 1.54) is 0 Å². The van der Waals surface area contributed by atoms with E-state index in [1.54, 1.807) is 0 Å². The zero-order chi connectivity index (χ0) is 15.0. The first-order valence-corrected chi connectivity index (χ1v) is 6.80. The summed E-state index contributed by atoms with van der Waals surface area (Å²) in [5.41, 5.74) is 2.10. The molecule has 1 rings (SSSR count). The lowest BCUT2D eigenvalue weighted by atomic mass is 10.1. The number of hydrogen-bond donors (Lipinski definition) is 2. The summed E-state index contributed by atoms with van der Waals surface area (Å²) >= 11 is 0. The van der Waals surface area contributed by atoms with Crippen LogP contribution in [0.2, 0.25) is 0 Å². The average Bonchev–Trinajstić information content (AvgIpc) is 2.38. The first kappa shape index (κ1) is 16.0. The summed E-state index contributed by atoms with van der Waals surface area (Å²) in [5, 5.41) is 4.83. The van der Waals surface area contributed by atoms with E-state index in [1.807, 2.05) is 39.0 Å². The number of unbranched alkanes of at least 4 members (excludes halogenated alkanes) is 1. The molecule has 0 saturated heterocycles. The Morgan fingerprint density at radius 1 is 1.25 bits per heavy atom. The number of urea groups is 1. The number of nitrogens with one attached hydrogen (secondary N) is 2. The van der Waals surface area contributed by atoms with Gasteiger partial charge in [-0.1, -0.05) is 31.0 Å². The number of imide groups is 1. The lowest BCUT2D eigenvalue weighted by Crippen LogP contribution is -2.41. The van der Waals surface area contributed by atoms with Crippen molar-refractivity contribution in [2.45, 2.75) is 33.6 Å². The second kappa shape index (κ2) is 8.19. The molecule has 0 fully saturated rings. The highest BCUT2D eigenvalue weighted by Gasteiger charge is 2.08. The van der Waals surface area contributed by atoms with Gasteiger partial charge < -0.3 is 10.1 Å². The molecule has 0 aliphatic carbocycles. The molecule has 0 atom stereocenters. The molecule has 0 aliphatic rings. The van der Waals surface area contributed by atoms with Gasteiger partial charge in [-0.15, -0.1) is 0 Å². The molecule has 0 bridgehead atoms. The number of rotatable bonds is 6. The number of amides is 3. The molecule has 1 aromatic rings. The van der Waals surface area contributed by atoms with Crippen molar-refractivity contribution < 1.29 is 14.3 Å². The van der Waals surface area contributed by atoms with Gasteiger partial charge in [-0.05, 0) is 31.9 Å². The van der Waals surface area contributed by atoms with Crippen LogP contribution >= 0.6 is 0 Å². The van der Waals surface area contributed by atoms with Crippen molar-refractivity contribution in [3.63, 3.8) is 0 Å². The van der Waals surface area contributed by atoms with Crippen LogP contribution in [0.5, 0.6) is 5.75 Å². The minimum atomic E-state index is -0.479. The molecule has 5 nitrogen and oxygen atoms in total. The normalized spacial score (nSPS) is 9.95. The monoisotopic (exact) mass is 278 g/mol. The summed E-state index contributed by atoms with van der Waals surface area (Å²) in [7, 11) is 0. The number of carbonyl (C=O) groups is 2. The van der Waals surface area contributed by atoms with Crippen LogP contribution in [0.1, 0.15) is 30.9 Å². The van der Waals surface area contributed by atoms with E-state index in [2.05, 4.69) is 10.6 Å². The zero-order valence-electron chi connectivity index (χ0n) is 12.3. The maximum atomic E-state index is 11.5. The van der Waals surface area contributed by atoms with Crippen molar-refractivity contribution in [1.82, 2.24) is 10.6 Å². The van der Waals surface area contributed by atoms with Crippen molar-refractivity contribution in [2.75, 3.05) is 13.2 Å². The van der Waals surface area contributed by atoms with E-state index >= 15 is 0 Å². The number of ether oxygens (including phenoxy) is 1. The molecular formula is C15H22N2O3. The Kier molecular flexibility index (Phi) is 6.56. The van der Waals surface area contributed by atoms with Crippen molar-refractivity contribution in [2.24, 2.45) is 0 Å². The number of aryl methyl sites for hydroxylation is 2. The molecule has 1 aromatic carbocycles. The maximum absolute atomic E-state index is 11.5. The van der Waals surface area contributed by atoms with E-state index in [0.29, 0.717) is 12.3 Å². The quantitative estimate of drug-likeness (QED) is 0.785. The zero-order valence-corrected chi connectivity index (χ0v) is 12.3. The molecule has 110 valence electrons. The molecule has 0 radical (unpaired) electrons. The summed E-state index contributed by atoms with van der Waals surface area (Å²) in [5.74, 6) is 0.191. The fraction of sp³-hybridized carbons (Fsp3) is 0.467. The Labute approximate surface area is 119 Å². The fourth-order valence-corrected chi connectivity index (χ4v) is 1.69. The Hall–Kier alpha value is -2.04. The molecule has 20 heavy (non-hydrogen) atoms. The summed E-state index contributed by atoms with van der Waals surface area (Å²) in [4.78, 5) is 22.9. The van der Waals surface area contributed by atoms with Crippen LogP contribution in [0.3, 0.4) is 0 Å². The van der Waals surface area contributed by atoms with Crippen molar-refractivity contribution >= 4 is 11.9 Å². The Bertz CT molecular complexity index is 472. The van der Waals surface area contributed by atoms with Gasteiger partial charge in [0.15, 0.2) is 6.61 Å². The second-order valence-corrected chi connectivity index (χ2v) is 4.72. The predicted octanol–water partition coefficient (Wildman–Crippen LogP) is 2.31.